The monoisotopic (exact) mass is 589 g/mol. The smallest absolute Gasteiger partial charge is 0.408 e. The van der Waals surface area contributed by atoms with Crippen LogP contribution in [0.4, 0.5) is 4.79 Å². The molecular weight excluding hydrogens is 538 g/mol. The van der Waals surface area contributed by atoms with Gasteiger partial charge in [-0.3, -0.25) is 9.59 Å². The van der Waals surface area contributed by atoms with Crippen LogP contribution in [-0.2, 0) is 20.7 Å². The Hall–Kier alpha value is -3.79. The number of nitrogens with zero attached hydrogens (tertiary/aromatic N) is 1. The molecule has 2 N–H and O–H groups in total. The number of ether oxygens (including phenoxy) is 1. The van der Waals surface area contributed by atoms with Gasteiger partial charge in [-0.05, 0) is 70.1 Å². The molecule has 0 radical (unpaired) electrons. The quantitative estimate of drug-likeness (QED) is 0.177. The van der Waals surface area contributed by atoms with Gasteiger partial charge >= 0.3 is 6.09 Å². The number of carbonyl (C=O) groups is 3. The third-order valence-electron chi connectivity index (χ3n) is 7.18. The molecule has 3 amide bonds. The second kappa shape index (κ2) is 17.4. The van der Waals surface area contributed by atoms with Gasteiger partial charge in [0, 0.05) is 24.6 Å². The zero-order valence-electron chi connectivity index (χ0n) is 27.1. The number of alkyl carbamates (subject to hydrolysis) is 1. The standard InChI is InChI=1S/C36H51N3O4/c1-9-11-17-24-37-33(40)32(30-21-16-15-20-29(30)10-2)39(27(5)23-22-26(3)4)34(41)31(25-28-18-13-12-14-19-28)38-35(42)43-36(6,7)8/h2,12-16,18-21,26-27,31-32H,9,11,17,22-25H2,1,3-8H3,(H,37,40)(H,38,42). The number of amides is 3. The molecule has 2 aromatic rings. The van der Waals surface area contributed by atoms with Crippen molar-refractivity contribution in [2.75, 3.05) is 6.54 Å². The molecule has 0 bridgehead atoms. The zero-order chi connectivity index (χ0) is 32.0. The summed E-state index contributed by atoms with van der Waals surface area (Å²) >= 11 is 0. The molecule has 0 aliphatic rings. The minimum Gasteiger partial charge on any atom is -0.444 e. The average Bonchev–Trinajstić information content (AvgIpc) is 2.95. The van der Waals surface area contributed by atoms with Crippen molar-refractivity contribution in [3.8, 4) is 12.3 Å². The Labute approximate surface area is 259 Å². The van der Waals surface area contributed by atoms with E-state index < -0.39 is 23.8 Å². The van der Waals surface area contributed by atoms with Gasteiger partial charge in [0.25, 0.3) is 0 Å². The van der Waals surface area contributed by atoms with Gasteiger partial charge in [-0.1, -0.05) is 88.1 Å². The average molecular weight is 590 g/mol. The van der Waals surface area contributed by atoms with E-state index in [1.165, 1.54) is 0 Å². The van der Waals surface area contributed by atoms with Crippen LogP contribution in [0.2, 0.25) is 0 Å². The van der Waals surface area contributed by atoms with E-state index in [0.717, 1.165) is 31.2 Å². The van der Waals surface area contributed by atoms with Crippen molar-refractivity contribution in [3.05, 3.63) is 71.3 Å². The minimum atomic E-state index is -0.984. The van der Waals surface area contributed by atoms with Crippen LogP contribution in [0, 0.1) is 18.3 Å². The predicted molar refractivity (Wildman–Crippen MR) is 173 cm³/mol. The van der Waals surface area contributed by atoms with Crippen molar-refractivity contribution in [1.29, 1.82) is 0 Å². The van der Waals surface area contributed by atoms with E-state index in [2.05, 4.69) is 37.3 Å². The molecular formula is C36H51N3O4. The number of benzene rings is 2. The number of unbranched alkanes of at least 4 members (excludes halogenated alkanes) is 2. The summed E-state index contributed by atoms with van der Waals surface area (Å²) in [6.07, 6.45) is 9.81. The number of rotatable bonds is 15. The second-order valence-corrected chi connectivity index (χ2v) is 12.6. The Balaban J connectivity index is 2.65. The summed E-state index contributed by atoms with van der Waals surface area (Å²) in [7, 11) is 0. The Bertz CT molecular complexity index is 1210. The van der Waals surface area contributed by atoms with Crippen LogP contribution in [0.5, 0.6) is 0 Å². The molecule has 7 nitrogen and oxygen atoms in total. The van der Waals surface area contributed by atoms with E-state index in [4.69, 9.17) is 11.2 Å². The van der Waals surface area contributed by atoms with E-state index >= 15 is 0 Å². The molecule has 0 heterocycles. The van der Waals surface area contributed by atoms with E-state index in [-0.39, 0.29) is 24.3 Å². The molecule has 2 aromatic carbocycles. The maximum Gasteiger partial charge on any atom is 0.408 e. The van der Waals surface area contributed by atoms with Gasteiger partial charge in [0.15, 0.2) is 0 Å². The van der Waals surface area contributed by atoms with Gasteiger partial charge in [-0.25, -0.2) is 4.79 Å². The first kappa shape index (κ1) is 35.4. The Kier molecular flexibility index (Phi) is 14.3. The Morgan fingerprint density at radius 3 is 2.21 bits per heavy atom. The highest BCUT2D eigenvalue weighted by atomic mass is 16.6. The highest BCUT2D eigenvalue weighted by Gasteiger charge is 2.39. The van der Waals surface area contributed by atoms with E-state index in [0.29, 0.717) is 30.0 Å². The fraction of sp³-hybridized carbons (Fsp3) is 0.528. The van der Waals surface area contributed by atoms with Crippen molar-refractivity contribution in [2.24, 2.45) is 5.92 Å². The first-order valence-corrected chi connectivity index (χ1v) is 15.6. The van der Waals surface area contributed by atoms with Crippen molar-refractivity contribution in [3.63, 3.8) is 0 Å². The Morgan fingerprint density at radius 2 is 1.60 bits per heavy atom. The SMILES string of the molecule is C#Cc1ccccc1C(C(=O)NCCCCC)N(C(=O)C(Cc1ccccc1)NC(=O)OC(C)(C)C)C(C)CCC(C)C. The van der Waals surface area contributed by atoms with Crippen molar-refractivity contribution in [2.45, 2.75) is 111 Å². The van der Waals surface area contributed by atoms with Gasteiger partial charge < -0.3 is 20.3 Å². The molecule has 0 fully saturated rings. The van der Waals surface area contributed by atoms with Crippen LogP contribution in [0.1, 0.15) is 103 Å². The van der Waals surface area contributed by atoms with Gasteiger partial charge in [-0.15, -0.1) is 6.42 Å². The van der Waals surface area contributed by atoms with Crippen LogP contribution < -0.4 is 10.6 Å². The molecule has 3 unspecified atom stereocenters. The van der Waals surface area contributed by atoms with E-state index in [1.54, 1.807) is 31.7 Å². The molecule has 7 heteroatoms. The van der Waals surface area contributed by atoms with Gasteiger partial charge in [0.05, 0.1) is 0 Å². The maximum absolute atomic E-state index is 14.8. The van der Waals surface area contributed by atoms with E-state index in [9.17, 15) is 14.4 Å². The van der Waals surface area contributed by atoms with Crippen LogP contribution in [0.15, 0.2) is 54.6 Å². The second-order valence-electron chi connectivity index (χ2n) is 12.6. The van der Waals surface area contributed by atoms with Crippen LogP contribution in [0.25, 0.3) is 0 Å². The molecule has 0 spiro atoms. The number of carbonyl (C=O) groups excluding carboxylic acids is 3. The number of hydrogen-bond donors (Lipinski definition) is 2. The number of nitrogens with one attached hydrogen (secondary N) is 2. The molecule has 234 valence electrons. The molecule has 0 aliphatic carbocycles. The summed E-state index contributed by atoms with van der Waals surface area (Å²) < 4.78 is 5.55. The summed E-state index contributed by atoms with van der Waals surface area (Å²) in [6, 6.07) is 14.5. The maximum atomic E-state index is 14.8. The van der Waals surface area contributed by atoms with Crippen molar-refractivity contribution < 1.29 is 19.1 Å². The topological polar surface area (TPSA) is 87.7 Å². The molecule has 0 saturated heterocycles. The van der Waals surface area contributed by atoms with Gasteiger partial charge in [0.1, 0.15) is 17.7 Å². The molecule has 0 saturated carbocycles. The lowest BCUT2D eigenvalue weighted by Gasteiger charge is -2.39. The van der Waals surface area contributed by atoms with Crippen LogP contribution in [0.3, 0.4) is 0 Å². The lowest BCUT2D eigenvalue weighted by molar-refractivity contribution is -0.145. The fourth-order valence-electron chi connectivity index (χ4n) is 4.96. The number of terminal acetylenes is 1. The highest BCUT2D eigenvalue weighted by molar-refractivity contribution is 5.93. The number of hydrogen-bond acceptors (Lipinski definition) is 4. The van der Waals surface area contributed by atoms with Crippen molar-refractivity contribution in [1.82, 2.24) is 15.5 Å². The third kappa shape index (κ3) is 11.8. The van der Waals surface area contributed by atoms with E-state index in [1.807, 2.05) is 55.5 Å². The summed E-state index contributed by atoms with van der Waals surface area (Å²) in [5.74, 6) is 2.45. The van der Waals surface area contributed by atoms with Gasteiger partial charge in [-0.2, -0.15) is 0 Å². The molecule has 3 atom stereocenters. The normalized spacial score (nSPS) is 13.4. The highest BCUT2D eigenvalue weighted by Crippen LogP contribution is 2.30. The summed E-state index contributed by atoms with van der Waals surface area (Å²) in [6.45, 7) is 14.1. The molecule has 0 aromatic heterocycles. The largest absolute Gasteiger partial charge is 0.444 e. The summed E-state index contributed by atoms with van der Waals surface area (Å²) in [5, 5.41) is 5.90. The fourth-order valence-corrected chi connectivity index (χ4v) is 4.96. The third-order valence-corrected chi connectivity index (χ3v) is 7.18. The van der Waals surface area contributed by atoms with Crippen molar-refractivity contribution >= 4 is 17.9 Å². The lowest BCUT2D eigenvalue weighted by Crippen LogP contribution is -2.56. The summed E-state index contributed by atoms with van der Waals surface area (Å²) in [5.41, 5.74) is 1.25. The van der Waals surface area contributed by atoms with Crippen LogP contribution in [-0.4, -0.2) is 47.0 Å². The first-order valence-electron chi connectivity index (χ1n) is 15.6. The molecule has 43 heavy (non-hydrogen) atoms. The lowest BCUT2D eigenvalue weighted by atomic mass is 9.93. The molecule has 2 rings (SSSR count). The van der Waals surface area contributed by atoms with Gasteiger partial charge in [0.2, 0.25) is 11.8 Å². The molecule has 0 aliphatic heterocycles. The zero-order valence-corrected chi connectivity index (χ0v) is 27.1. The minimum absolute atomic E-state index is 0.230. The Morgan fingerprint density at radius 1 is 0.953 bits per heavy atom. The predicted octanol–water partition coefficient (Wildman–Crippen LogP) is 6.80. The first-order chi connectivity index (χ1) is 20.4. The summed E-state index contributed by atoms with van der Waals surface area (Å²) in [4.78, 5) is 43.5. The van der Waals surface area contributed by atoms with Crippen LogP contribution >= 0.6 is 0 Å².